The number of nitrogens with two attached hydrogens (primary N) is 1. The highest BCUT2D eigenvalue weighted by molar-refractivity contribution is 5.74. The summed E-state index contributed by atoms with van der Waals surface area (Å²) in [7, 11) is 0. The van der Waals surface area contributed by atoms with Crippen LogP contribution in [0.4, 0.5) is 0 Å². The number of fused-ring (bicyclic) bond motifs is 1. The van der Waals surface area contributed by atoms with Gasteiger partial charge in [-0.2, -0.15) is 0 Å². The van der Waals surface area contributed by atoms with Crippen molar-refractivity contribution < 1.29 is 19.8 Å². The highest BCUT2D eigenvalue weighted by atomic mass is 16.4. The summed E-state index contributed by atoms with van der Waals surface area (Å²) in [6, 6.07) is -0.590. The van der Waals surface area contributed by atoms with Crippen LogP contribution < -0.4 is 16.4 Å². The number of hydrogen-bond donors (Lipinski definition) is 5. The van der Waals surface area contributed by atoms with Crippen LogP contribution in [0.3, 0.4) is 0 Å². The molecule has 2 aliphatic rings. The van der Waals surface area contributed by atoms with Gasteiger partial charge in [-0.1, -0.05) is 13.8 Å². The Morgan fingerprint density at radius 3 is 2.35 bits per heavy atom. The number of carboxylic acid groups (broad SMARTS) is 2. The smallest absolute Gasteiger partial charge is 0.320 e. The van der Waals surface area contributed by atoms with Gasteiger partial charge in [-0.25, -0.2) is 0 Å². The van der Waals surface area contributed by atoms with E-state index in [-0.39, 0.29) is 6.04 Å². The molecule has 7 heteroatoms. The maximum atomic E-state index is 10.5. The Kier molecular flexibility index (Phi) is 6.38. The number of rotatable bonds is 4. The van der Waals surface area contributed by atoms with Crippen molar-refractivity contribution in [2.24, 2.45) is 17.6 Å². The summed E-state index contributed by atoms with van der Waals surface area (Å²) >= 11 is 0. The van der Waals surface area contributed by atoms with Crippen molar-refractivity contribution in [3.63, 3.8) is 0 Å². The van der Waals surface area contributed by atoms with Gasteiger partial charge in [-0.15, -0.1) is 0 Å². The quantitative estimate of drug-likeness (QED) is 0.470. The molecule has 2 fully saturated rings. The third-order valence-electron chi connectivity index (χ3n) is 3.63. The molecule has 6 N–H and O–H groups in total. The zero-order valence-electron chi connectivity index (χ0n) is 12.0. The molecule has 0 aromatic carbocycles. The third-order valence-corrected chi connectivity index (χ3v) is 3.63. The summed E-state index contributed by atoms with van der Waals surface area (Å²) in [5.41, 5.74) is 5.22. The van der Waals surface area contributed by atoms with Gasteiger partial charge in [0, 0.05) is 12.6 Å². The first-order valence-corrected chi connectivity index (χ1v) is 6.99. The number of carboxylic acids is 2. The van der Waals surface area contributed by atoms with E-state index in [0.29, 0.717) is 24.3 Å². The van der Waals surface area contributed by atoms with Crippen LogP contribution in [0.5, 0.6) is 0 Å². The molecule has 4 atom stereocenters. The minimum atomic E-state index is -0.913. The molecule has 2 heterocycles. The normalized spacial score (nSPS) is 29.5. The molecule has 0 bridgehead atoms. The molecule has 0 aromatic rings. The number of aliphatic carboxylic acids is 2. The van der Waals surface area contributed by atoms with E-state index >= 15 is 0 Å². The fourth-order valence-corrected chi connectivity index (χ4v) is 2.59. The fourth-order valence-electron chi connectivity index (χ4n) is 2.59. The Bertz CT molecular complexity index is 337. The molecule has 0 aliphatic carbocycles. The van der Waals surface area contributed by atoms with Gasteiger partial charge >= 0.3 is 11.9 Å². The topological polar surface area (TPSA) is 125 Å². The summed E-state index contributed by atoms with van der Waals surface area (Å²) in [5.74, 6) is -0.727. The van der Waals surface area contributed by atoms with E-state index in [9.17, 15) is 9.59 Å². The van der Waals surface area contributed by atoms with Crippen molar-refractivity contribution in [3.05, 3.63) is 0 Å². The van der Waals surface area contributed by atoms with E-state index in [0.717, 1.165) is 19.5 Å². The summed E-state index contributed by atoms with van der Waals surface area (Å²) in [6.45, 7) is 5.79. The Morgan fingerprint density at radius 1 is 1.30 bits per heavy atom. The lowest BCUT2D eigenvalue weighted by atomic mass is 10.0. The molecule has 116 valence electrons. The lowest BCUT2D eigenvalue weighted by molar-refractivity contribution is -0.140. The van der Waals surface area contributed by atoms with E-state index in [1.54, 1.807) is 0 Å². The van der Waals surface area contributed by atoms with Gasteiger partial charge in [0.2, 0.25) is 0 Å². The molecule has 2 saturated heterocycles. The Hall–Kier alpha value is -1.18. The molecule has 2 aliphatic heterocycles. The van der Waals surface area contributed by atoms with Crippen LogP contribution in [-0.2, 0) is 9.59 Å². The van der Waals surface area contributed by atoms with Crippen molar-refractivity contribution in [1.82, 2.24) is 10.6 Å². The molecule has 0 aromatic heterocycles. The second kappa shape index (κ2) is 7.56. The number of hydrogen-bond acceptors (Lipinski definition) is 5. The average molecular weight is 287 g/mol. The summed E-state index contributed by atoms with van der Waals surface area (Å²) in [6.07, 6.45) is 1.34. The summed E-state index contributed by atoms with van der Waals surface area (Å²) in [5, 5.41) is 23.3. The molecule has 20 heavy (non-hydrogen) atoms. The van der Waals surface area contributed by atoms with Crippen LogP contribution in [-0.4, -0.2) is 53.4 Å². The van der Waals surface area contributed by atoms with E-state index in [1.165, 1.54) is 0 Å². The predicted molar refractivity (Wildman–Crippen MR) is 74.4 cm³/mol. The monoisotopic (exact) mass is 287 g/mol. The first-order chi connectivity index (χ1) is 9.31. The lowest BCUT2D eigenvalue weighted by Crippen LogP contribution is -2.38. The van der Waals surface area contributed by atoms with Gasteiger partial charge in [-0.3, -0.25) is 14.9 Å². The van der Waals surface area contributed by atoms with E-state index in [1.807, 2.05) is 13.8 Å². The van der Waals surface area contributed by atoms with Crippen LogP contribution in [0.15, 0.2) is 0 Å². The maximum absolute atomic E-state index is 10.5. The van der Waals surface area contributed by atoms with E-state index < -0.39 is 18.0 Å². The van der Waals surface area contributed by atoms with Crippen molar-refractivity contribution in [2.75, 3.05) is 13.1 Å². The van der Waals surface area contributed by atoms with Crippen LogP contribution in [0.2, 0.25) is 0 Å². The highest BCUT2D eigenvalue weighted by Gasteiger charge is 2.39. The second-order valence-electron chi connectivity index (χ2n) is 5.89. The molecular weight excluding hydrogens is 262 g/mol. The molecular formula is C13H25N3O4. The van der Waals surface area contributed by atoms with Gasteiger partial charge in [0.25, 0.3) is 0 Å². The zero-order valence-corrected chi connectivity index (χ0v) is 12.0. The standard InChI is InChI=1S/C7H12N2O2.C6H13NO2/c10-7(11)5-1-4-2-8-3-6(4)9-5;1-4(2)3-5(7)6(8)9/h4-6,8-9H,1-3H2,(H,10,11);4-5H,3,7H2,1-2H3,(H,8,9). The van der Waals surface area contributed by atoms with Gasteiger partial charge in [0.05, 0.1) is 0 Å². The zero-order chi connectivity index (χ0) is 15.3. The molecule has 2 rings (SSSR count). The molecule has 0 saturated carbocycles. The number of nitrogens with one attached hydrogen (secondary N) is 2. The van der Waals surface area contributed by atoms with Gasteiger partial charge in [0.1, 0.15) is 12.1 Å². The average Bonchev–Trinajstić information content (AvgIpc) is 2.88. The maximum Gasteiger partial charge on any atom is 0.320 e. The first kappa shape index (κ1) is 16.9. The first-order valence-electron chi connectivity index (χ1n) is 6.99. The van der Waals surface area contributed by atoms with Gasteiger partial charge in [-0.05, 0) is 31.2 Å². The fraction of sp³-hybridized carbons (Fsp3) is 0.846. The van der Waals surface area contributed by atoms with Gasteiger partial charge in [0.15, 0.2) is 0 Å². The second-order valence-corrected chi connectivity index (χ2v) is 5.89. The molecule has 0 spiro atoms. The Labute approximate surface area is 118 Å². The minimum absolute atomic E-state index is 0.299. The van der Waals surface area contributed by atoms with E-state index in [4.69, 9.17) is 15.9 Å². The van der Waals surface area contributed by atoms with Crippen LogP contribution >= 0.6 is 0 Å². The highest BCUT2D eigenvalue weighted by Crippen LogP contribution is 2.23. The molecule has 0 amide bonds. The predicted octanol–water partition coefficient (Wildman–Crippen LogP) is -0.535. The SMILES string of the molecule is CC(C)CC(N)C(=O)O.O=C(O)C1CC2CNCC2N1. The Morgan fingerprint density at radius 2 is 1.95 bits per heavy atom. The van der Waals surface area contributed by atoms with Crippen LogP contribution in [0.1, 0.15) is 26.7 Å². The van der Waals surface area contributed by atoms with Crippen molar-refractivity contribution in [2.45, 2.75) is 44.8 Å². The van der Waals surface area contributed by atoms with E-state index in [2.05, 4.69) is 10.6 Å². The summed E-state index contributed by atoms with van der Waals surface area (Å²) < 4.78 is 0. The van der Waals surface area contributed by atoms with Crippen molar-refractivity contribution >= 4 is 11.9 Å². The largest absolute Gasteiger partial charge is 0.480 e. The lowest BCUT2D eigenvalue weighted by Gasteiger charge is -2.07. The van der Waals surface area contributed by atoms with Gasteiger partial charge < -0.3 is 21.3 Å². The molecule has 7 nitrogen and oxygen atoms in total. The third kappa shape index (κ3) is 5.07. The minimum Gasteiger partial charge on any atom is -0.480 e. The van der Waals surface area contributed by atoms with Crippen LogP contribution in [0, 0.1) is 11.8 Å². The summed E-state index contributed by atoms with van der Waals surface area (Å²) in [4.78, 5) is 20.7. The number of carbonyl (C=O) groups is 2. The van der Waals surface area contributed by atoms with Crippen LogP contribution in [0.25, 0.3) is 0 Å². The molecule has 0 radical (unpaired) electrons. The molecule has 4 unspecified atom stereocenters. The Balaban J connectivity index is 0.000000206. The van der Waals surface area contributed by atoms with Crippen molar-refractivity contribution in [3.8, 4) is 0 Å². The van der Waals surface area contributed by atoms with Crippen molar-refractivity contribution in [1.29, 1.82) is 0 Å².